The molecule has 1 aromatic rings. The van der Waals surface area contributed by atoms with Gasteiger partial charge in [-0.25, -0.2) is 0 Å². The molecule has 0 bridgehead atoms. The minimum atomic E-state index is -1.31. The second-order valence-electron chi connectivity index (χ2n) is 6.19. The number of rotatable bonds is 9. The average molecular weight is 375 g/mol. The number of ketones is 1. The largest absolute Gasteiger partial charge is 0.493 e. The Bertz CT molecular complexity index is 755. The van der Waals surface area contributed by atoms with Crippen LogP contribution in [0.4, 0.5) is 0 Å². The third kappa shape index (κ3) is 5.59. The van der Waals surface area contributed by atoms with Gasteiger partial charge in [0, 0.05) is 19.4 Å². The fourth-order valence-corrected chi connectivity index (χ4v) is 2.75. The third-order valence-electron chi connectivity index (χ3n) is 4.30. The molecule has 0 aliphatic heterocycles. The average Bonchev–Trinajstić information content (AvgIpc) is 2.68. The van der Waals surface area contributed by atoms with E-state index in [0.717, 1.165) is 5.56 Å². The summed E-state index contributed by atoms with van der Waals surface area (Å²) in [4.78, 5) is 23.6. The second-order valence-corrected chi connectivity index (χ2v) is 6.19. The summed E-state index contributed by atoms with van der Waals surface area (Å²) in [7, 11) is 4.51. The molecule has 146 valence electrons. The molecule has 27 heavy (non-hydrogen) atoms. The molecule has 0 aromatic heterocycles. The van der Waals surface area contributed by atoms with Crippen LogP contribution in [0.2, 0.25) is 0 Å². The molecule has 0 radical (unpaired) electrons. The fraction of sp³-hybridized carbons (Fsp3) is 0.400. The summed E-state index contributed by atoms with van der Waals surface area (Å²) >= 11 is 0. The van der Waals surface area contributed by atoms with E-state index in [2.05, 4.69) is 5.32 Å². The maximum Gasteiger partial charge on any atom is 0.220 e. The van der Waals surface area contributed by atoms with Crippen LogP contribution in [0.1, 0.15) is 18.4 Å². The van der Waals surface area contributed by atoms with Crippen LogP contribution in [0, 0.1) is 0 Å². The molecule has 1 atom stereocenters. The number of aliphatic hydroxyl groups is 1. The maximum atomic E-state index is 12.1. The molecule has 1 aliphatic carbocycles. The number of methoxy groups -OCH3 is 3. The number of hydrogen-bond donors (Lipinski definition) is 2. The van der Waals surface area contributed by atoms with Crippen LogP contribution in [0.25, 0.3) is 0 Å². The van der Waals surface area contributed by atoms with Gasteiger partial charge >= 0.3 is 0 Å². The summed E-state index contributed by atoms with van der Waals surface area (Å²) in [5, 5.41) is 13.2. The predicted molar refractivity (Wildman–Crippen MR) is 99.7 cm³/mol. The van der Waals surface area contributed by atoms with E-state index in [1.807, 2.05) is 12.1 Å². The van der Waals surface area contributed by atoms with Crippen LogP contribution in [-0.4, -0.2) is 50.3 Å². The van der Waals surface area contributed by atoms with Gasteiger partial charge in [-0.15, -0.1) is 0 Å². The predicted octanol–water partition coefficient (Wildman–Crippen LogP) is 1.54. The first-order valence-electron chi connectivity index (χ1n) is 8.61. The number of hydrogen-bond acceptors (Lipinski definition) is 6. The van der Waals surface area contributed by atoms with Gasteiger partial charge in [0.1, 0.15) is 5.60 Å². The number of aryl methyl sites for hydroxylation is 1. The molecule has 7 nitrogen and oxygen atoms in total. The van der Waals surface area contributed by atoms with Gasteiger partial charge in [0.2, 0.25) is 11.7 Å². The first kappa shape index (κ1) is 20.5. The van der Waals surface area contributed by atoms with Crippen molar-refractivity contribution in [2.75, 3.05) is 27.9 Å². The molecule has 0 saturated heterocycles. The summed E-state index contributed by atoms with van der Waals surface area (Å²) in [5.41, 5.74) is -0.349. The molecule has 0 heterocycles. The number of allylic oxidation sites excluding steroid dienone is 1. The van der Waals surface area contributed by atoms with Crippen molar-refractivity contribution in [1.29, 1.82) is 0 Å². The van der Waals surface area contributed by atoms with E-state index < -0.39 is 5.60 Å². The Balaban J connectivity index is 1.81. The van der Waals surface area contributed by atoms with Gasteiger partial charge < -0.3 is 24.6 Å². The normalized spacial score (nSPS) is 18.7. The zero-order valence-corrected chi connectivity index (χ0v) is 15.8. The molecule has 1 aromatic carbocycles. The minimum Gasteiger partial charge on any atom is -0.493 e. The Hall–Kier alpha value is -2.80. The summed E-state index contributed by atoms with van der Waals surface area (Å²) in [6.07, 6.45) is 5.15. The topological polar surface area (TPSA) is 94.1 Å². The highest BCUT2D eigenvalue weighted by molar-refractivity contribution is 6.03. The highest BCUT2D eigenvalue weighted by Gasteiger charge is 2.27. The molecule has 1 aliphatic rings. The number of ether oxygens (including phenoxy) is 3. The van der Waals surface area contributed by atoms with Gasteiger partial charge in [-0.05, 0) is 42.3 Å². The lowest BCUT2D eigenvalue weighted by Crippen LogP contribution is -2.34. The van der Waals surface area contributed by atoms with E-state index in [9.17, 15) is 14.7 Å². The van der Waals surface area contributed by atoms with Gasteiger partial charge in [-0.1, -0.05) is 6.07 Å². The van der Waals surface area contributed by atoms with Gasteiger partial charge in [-0.3, -0.25) is 9.59 Å². The molecule has 1 unspecified atom stereocenters. The van der Waals surface area contributed by atoms with E-state index in [4.69, 9.17) is 14.2 Å². The van der Waals surface area contributed by atoms with Gasteiger partial charge in [0.15, 0.2) is 17.3 Å². The van der Waals surface area contributed by atoms with Crippen molar-refractivity contribution in [1.82, 2.24) is 5.32 Å². The molecule has 0 spiro atoms. The molecule has 2 N–H and O–H groups in total. The Morgan fingerprint density at radius 3 is 2.56 bits per heavy atom. The van der Waals surface area contributed by atoms with Crippen LogP contribution < -0.4 is 14.8 Å². The smallest absolute Gasteiger partial charge is 0.220 e. The van der Waals surface area contributed by atoms with Crippen molar-refractivity contribution in [2.45, 2.75) is 24.9 Å². The fourth-order valence-electron chi connectivity index (χ4n) is 2.75. The molecule has 7 heteroatoms. The zero-order chi connectivity index (χ0) is 19.9. The highest BCUT2D eigenvalue weighted by atomic mass is 16.5. The molecular formula is C20H25NO6. The Morgan fingerprint density at radius 2 is 1.89 bits per heavy atom. The van der Waals surface area contributed by atoms with Gasteiger partial charge in [0.25, 0.3) is 0 Å². The third-order valence-corrected chi connectivity index (χ3v) is 4.30. The van der Waals surface area contributed by atoms with E-state index in [1.54, 1.807) is 20.3 Å². The molecule has 1 amide bonds. The van der Waals surface area contributed by atoms with Crippen LogP contribution in [0.15, 0.2) is 42.2 Å². The lowest BCUT2D eigenvalue weighted by atomic mass is 9.93. The standard InChI is InChI=1S/C20H25NO6/c1-25-16-6-4-14(12-17(16)26-2)5-7-19(23)21-11-10-20(24)9-8-15(22)18(13-20)27-3/h4,6,8-9,12-13,24H,5,7,10-11H2,1-3H3,(H,21,23). The Kier molecular flexibility index (Phi) is 7.01. The number of benzene rings is 1. The van der Waals surface area contributed by atoms with Gasteiger partial charge in [-0.2, -0.15) is 0 Å². The lowest BCUT2D eigenvalue weighted by molar-refractivity contribution is -0.121. The highest BCUT2D eigenvalue weighted by Crippen LogP contribution is 2.28. The van der Waals surface area contributed by atoms with Crippen molar-refractivity contribution in [3.05, 3.63) is 47.7 Å². The maximum absolute atomic E-state index is 12.1. The molecule has 0 saturated carbocycles. The van der Waals surface area contributed by atoms with Crippen LogP contribution in [0.3, 0.4) is 0 Å². The first-order valence-corrected chi connectivity index (χ1v) is 8.61. The number of carbonyl (C=O) groups is 2. The summed E-state index contributed by atoms with van der Waals surface area (Å²) in [6, 6.07) is 5.53. The summed E-state index contributed by atoms with van der Waals surface area (Å²) in [5.74, 6) is 0.944. The quantitative estimate of drug-likeness (QED) is 0.680. The Morgan fingerprint density at radius 1 is 1.15 bits per heavy atom. The van der Waals surface area contributed by atoms with E-state index in [0.29, 0.717) is 24.3 Å². The minimum absolute atomic E-state index is 0.0970. The SMILES string of the molecule is COC1=CC(O)(CCNC(=O)CCc2ccc(OC)c(OC)c2)C=CC1=O. The first-order chi connectivity index (χ1) is 12.9. The number of nitrogens with one attached hydrogen (secondary N) is 1. The number of amides is 1. The number of carbonyl (C=O) groups excluding carboxylic acids is 2. The second kappa shape index (κ2) is 9.23. The van der Waals surface area contributed by atoms with Crippen molar-refractivity contribution in [2.24, 2.45) is 0 Å². The van der Waals surface area contributed by atoms with Crippen molar-refractivity contribution in [3.63, 3.8) is 0 Å². The van der Waals surface area contributed by atoms with Gasteiger partial charge in [0.05, 0.1) is 21.3 Å². The lowest BCUT2D eigenvalue weighted by Gasteiger charge is -2.24. The van der Waals surface area contributed by atoms with Crippen molar-refractivity contribution < 1.29 is 28.9 Å². The van der Waals surface area contributed by atoms with Crippen LogP contribution in [-0.2, 0) is 20.7 Å². The van der Waals surface area contributed by atoms with Crippen LogP contribution in [0.5, 0.6) is 11.5 Å². The van der Waals surface area contributed by atoms with E-state index in [-0.39, 0.29) is 30.4 Å². The van der Waals surface area contributed by atoms with E-state index >= 15 is 0 Å². The molecular weight excluding hydrogens is 350 g/mol. The van der Waals surface area contributed by atoms with Crippen molar-refractivity contribution in [3.8, 4) is 11.5 Å². The summed E-state index contributed by atoms with van der Waals surface area (Å²) < 4.78 is 15.4. The van der Waals surface area contributed by atoms with Crippen molar-refractivity contribution >= 4 is 11.7 Å². The molecule has 0 fully saturated rings. The monoisotopic (exact) mass is 375 g/mol. The van der Waals surface area contributed by atoms with Crippen LogP contribution >= 0.6 is 0 Å². The Labute approximate surface area is 158 Å². The molecule has 2 rings (SSSR count). The zero-order valence-electron chi connectivity index (χ0n) is 15.8. The van der Waals surface area contributed by atoms with E-state index in [1.165, 1.54) is 25.3 Å². The summed E-state index contributed by atoms with van der Waals surface area (Å²) in [6.45, 7) is 0.271.